The lowest BCUT2D eigenvalue weighted by Crippen LogP contribution is -2.01. The van der Waals surface area contributed by atoms with Crippen molar-refractivity contribution in [2.45, 2.75) is 6.54 Å². The lowest BCUT2D eigenvalue weighted by molar-refractivity contribution is 1.15. The number of rotatable bonds is 3. The molecule has 0 spiro atoms. The maximum Gasteiger partial charge on any atom is 0.101 e. The highest BCUT2D eigenvalue weighted by molar-refractivity contribution is 6.33. The molecule has 2 aromatic carbocycles. The van der Waals surface area contributed by atoms with E-state index in [1.807, 2.05) is 12.1 Å². The number of benzene rings is 2. The van der Waals surface area contributed by atoms with Crippen LogP contribution in [0.2, 0.25) is 10.0 Å². The van der Waals surface area contributed by atoms with Crippen LogP contribution in [0.15, 0.2) is 36.4 Å². The van der Waals surface area contributed by atoms with Gasteiger partial charge in [0.25, 0.3) is 0 Å². The minimum absolute atomic E-state index is 0.342. The molecule has 0 unspecified atom stereocenters. The van der Waals surface area contributed by atoms with E-state index in [9.17, 15) is 0 Å². The van der Waals surface area contributed by atoms with Crippen LogP contribution in [0, 0.1) is 22.7 Å². The third-order valence-electron chi connectivity index (χ3n) is 2.75. The molecule has 98 valence electrons. The van der Waals surface area contributed by atoms with Crippen molar-refractivity contribution in [3.8, 4) is 12.1 Å². The Morgan fingerprint density at radius 3 is 2.40 bits per heavy atom. The van der Waals surface area contributed by atoms with E-state index in [-0.39, 0.29) is 0 Å². The fraction of sp³-hybridized carbons (Fsp3) is 0.0667. The molecular weight excluding hydrogens is 293 g/mol. The predicted molar refractivity (Wildman–Crippen MR) is 79.7 cm³/mol. The molecule has 2 rings (SSSR count). The number of hydrogen-bond donors (Lipinski definition) is 1. The molecule has 1 N–H and O–H groups in total. The van der Waals surface area contributed by atoms with Crippen LogP contribution in [0.5, 0.6) is 0 Å². The number of nitrogens with zero attached hydrogens (tertiary/aromatic N) is 2. The Labute approximate surface area is 127 Å². The minimum Gasteiger partial charge on any atom is -0.381 e. The summed E-state index contributed by atoms with van der Waals surface area (Å²) in [6.45, 7) is 0.482. The van der Waals surface area contributed by atoms with Gasteiger partial charge in [0.15, 0.2) is 0 Å². The first kappa shape index (κ1) is 14.2. The number of hydrogen-bond acceptors (Lipinski definition) is 3. The molecule has 3 nitrogen and oxygen atoms in total. The number of nitrogens with one attached hydrogen (secondary N) is 1. The summed E-state index contributed by atoms with van der Waals surface area (Å²) >= 11 is 12.0. The molecule has 0 bridgehead atoms. The number of nitriles is 2. The second-order valence-electron chi connectivity index (χ2n) is 4.07. The van der Waals surface area contributed by atoms with Gasteiger partial charge in [-0.05, 0) is 42.0 Å². The first-order chi connectivity index (χ1) is 9.63. The summed E-state index contributed by atoms with van der Waals surface area (Å²) in [5, 5.41) is 22.2. The maximum absolute atomic E-state index is 8.97. The van der Waals surface area contributed by atoms with Crippen LogP contribution in [0.1, 0.15) is 16.7 Å². The Bertz CT molecular complexity index is 727. The SMILES string of the molecule is N#Cc1ccc(NCc2cc(Cl)ccc2Cl)cc1C#N. The molecule has 0 heterocycles. The largest absolute Gasteiger partial charge is 0.381 e. The molecular formula is C15H9Cl2N3. The topological polar surface area (TPSA) is 59.6 Å². The quantitative estimate of drug-likeness (QED) is 0.917. The van der Waals surface area contributed by atoms with E-state index in [0.29, 0.717) is 27.7 Å². The van der Waals surface area contributed by atoms with Crippen molar-refractivity contribution in [2.75, 3.05) is 5.32 Å². The van der Waals surface area contributed by atoms with Crippen LogP contribution < -0.4 is 5.32 Å². The minimum atomic E-state index is 0.342. The molecule has 0 saturated carbocycles. The van der Waals surface area contributed by atoms with E-state index in [2.05, 4.69) is 5.32 Å². The summed E-state index contributed by atoms with van der Waals surface area (Å²) in [4.78, 5) is 0. The predicted octanol–water partition coefficient (Wildman–Crippen LogP) is 4.35. The molecule has 20 heavy (non-hydrogen) atoms. The highest BCUT2D eigenvalue weighted by Crippen LogP contribution is 2.22. The third kappa shape index (κ3) is 3.22. The van der Waals surface area contributed by atoms with Crippen molar-refractivity contribution < 1.29 is 0 Å². The van der Waals surface area contributed by atoms with E-state index < -0.39 is 0 Å². The molecule has 0 aliphatic carbocycles. The molecule has 0 saturated heterocycles. The van der Waals surface area contributed by atoms with Crippen molar-refractivity contribution >= 4 is 28.9 Å². The lowest BCUT2D eigenvalue weighted by atomic mass is 10.1. The van der Waals surface area contributed by atoms with Crippen molar-refractivity contribution in [3.63, 3.8) is 0 Å². The number of anilines is 1. The van der Waals surface area contributed by atoms with Gasteiger partial charge in [0.1, 0.15) is 12.1 Å². The molecule has 0 amide bonds. The van der Waals surface area contributed by atoms with Crippen LogP contribution in [-0.2, 0) is 6.54 Å². The second-order valence-corrected chi connectivity index (χ2v) is 4.92. The lowest BCUT2D eigenvalue weighted by Gasteiger charge is -2.09. The standard InChI is InChI=1S/C15H9Cl2N3/c16-13-2-4-15(17)12(5-13)9-20-14-3-1-10(7-18)11(6-14)8-19/h1-6,20H,9H2. The van der Waals surface area contributed by atoms with Crippen LogP contribution in [0.25, 0.3) is 0 Å². The van der Waals surface area contributed by atoms with E-state index in [1.165, 1.54) is 0 Å². The van der Waals surface area contributed by atoms with E-state index in [1.54, 1.807) is 36.4 Å². The fourth-order valence-corrected chi connectivity index (χ4v) is 2.10. The average molecular weight is 302 g/mol. The van der Waals surface area contributed by atoms with Crippen LogP contribution in [0.3, 0.4) is 0 Å². The maximum atomic E-state index is 8.97. The summed E-state index contributed by atoms with van der Waals surface area (Å²) in [6.07, 6.45) is 0. The highest BCUT2D eigenvalue weighted by atomic mass is 35.5. The van der Waals surface area contributed by atoms with Gasteiger partial charge in [-0.2, -0.15) is 10.5 Å². The molecule has 0 aliphatic rings. The van der Waals surface area contributed by atoms with Crippen LogP contribution in [-0.4, -0.2) is 0 Å². The Balaban J connectivity index is 2.18. The Morgan fingerprint density at radius 2 is 1.70 bits per heavy atom. The molecule has 5 heteroatoms. The van der Waals surface area contributed by atoms with Crippen LogP contribution >= 0.6 is 23.2 Å². The van der Waals surface area contributed by atoms with Gasteiger partial charge in [-0.15, -0.1) is 0 Å². The van der Waals surface area contributed by atoms with Gasteiger partial charge in [0.2, 0.25) is 0 Å². The van der Waals surface area contributed by atoms with Gasteiger partial charge in [-0.1, -0.05) is 23.2 Å². The molecule has 2 aromatic rings. The van der Waals surface area contributed by atoms with Gasteiger partial charge >= 0.3 is 0 Å². The molecule has 0 atom stereocenters. The van der Waals surface area contributed by atoms with Crippen molar-refractivity contribution in [2.24, 2.45) is 0 Å². The van der Waals surface area contributed by atoms with Gasteiger partial charge in [0, 0.05) is 22.3 Å². The summed E-state index contributed by atoms with van der Waals surface area (Å²) in [7, 11) is 0. The summed E-state index contributed by atoms with van der Waals surface area (Å²) in [5.74, 6) is 0. The van der Waals surface area contributed by atoms with E-state index >= 15 is 0 Å². The Morgan fingerprint density at radius 1 is 0.950 bits per heavy atom. The van der Waals surface area contributed by atoms with Crippen molar-refractivity contribution in [1.82, 2.24) is 0 Å². The molecule has 0 aliphatic heterocycles. The van der Waals surface area contributed by atoms with E-state index in [0.717, 1.165) is 11.3 Å². The second kappa shape index (κ2) is 6.30. The monoisotopic (exact) mass is 301 g/mol. The summed E-state index contributed by atoms with van der Waals surface area (Å²) < 4.78 is 0. The van der Waals surface area contributed by atoms with Crippen molar-refractivity contribution in [3.05, 3.63) is 63.1 Å². The van der Waals surface area contributed by atoms with Gasteiger partial charge < -0.3 is 5.32 Å². The first-order valence-corrected chi connectivity index (χ1v) is 6.51. The average Bonchev–Trinajstić information content (AvgIpc) is 2.47. The molecule has 0 aromatic heterocycles. The normalized spacial score (nSPS) is 9.60. The van der Waals surface area contributed by atoms with Gasteiger partial charge in [-0.25, -0.2) is 0 Å². The molecule has 0 fully saturated rings. The highest BCUT2D eigenvalue weighted by Gasteiger charge is 2.04. The van der Waals surface area contributed by atoms with Gasteiger partial charge in [-0.3, -0.25) is 0 Å². The fourth-order valence-electron chi connectivity index (χ4n) is 1.72. The van der Waals surface area contributed by atoms with Crippen LogP contribution in [0.4, 0.5) is 5.69 Å². The van der Waals surface area contributed by atoms with Gasteiger partial charge in [0.05, 0.1) is 11.1 Å². The Hall–Kier alpha value is -2.20. The Kier molecular flexibility index (Phi) is 4.48. The van der Waals surface area contributed by atoms with E-state index in [4.69, 9.17) is 33.7 Å². The zero-order valence-electron chi connectivity index (χ0n) is 10.3. The zero-order chi connectivity index (χ0) is 14.5. The zero-order valence-corrected chi connectivity index (χ0v) is 11.8. The number of halogens is 2. The third-order valence-corrected chi connectivity index (χ3v) is 3.36. The summed E-state index contributed by atoms with van der Waals surface area (Å²) in [5.41, 5.74) is 2.31. The van der Waals surface area contributed by atoms with Crippen molar-refractivity contribution in [1.29, 1.82) is 10.5 Å². The summed E-state index contributed by atoms with van der Waals surface area (Å²) in [6, 6.07) is 14.2. The smallest absolute Gasteiger partial charge is 0.101 e. The molecule has 0 radical (unpaired) electrons. The first-order valence-electron chi connectivity index (χ1n) is 5.76.